The molecule has 1 aliphatic rings. The van der Waals surface area contributed by atoms with Gasteiger partial charge in [-0.1, -0.05) is 55.1 Å². The molecule has 0 unspecified atom stereocenters. The van der Waals surface area contributed by atoms with Crippen molar-refractivity contribution >= 4 is 23.4 Å². The number of benzene rings is 2. The SMILES string of the molecule is CCc1nnc2n1N[C@H](c1ccccc1)[C@@H](C(=O)Nc1cccc(C(F)(F)F)c1)S2. The third kappa shape index (κ3) is 4.00. The normalized spacial score (nSPS) is 18.4. The minimum Gasteiger partial charge on any atom is -0.325 e. The van der Waals surface area contributed by atoms with Crippen LogP contribution in [0.5, 0.6) is 0 Å². The highest BCUT2D eigenvalue weighted by atomic mass is 32.2. The van der Waals surface area contributed by atoms with Gasteiger partial charge in [0.05, 0.1) is 11.6 Å². The summed E-state index contributed by atoms with van der Waals surface area (Å²) < 4.78 is 40.8. The van der Waals surface area contributed by atoms with Gasteiger partial charge in [0, 0.05) is 12.1 Å². The van der Waals surface area contributed by atoms with Crippen molar-refractivity contribution in [3.8, 4) is 0 Å². The van der Waals surface area contributed by atoms with E-state index >= 15 is 0 Å². The highest BCUT2D eigenvalue weighted by Crippen LogP contribution is 2.38. The minimum atomic E-state index is -4.48. The maximum absolute atomic E-state index is 13.1. The van der Waals surface area contributed by atoms with Gasteiger partial charge >= 0.3 is 6.18 Å². The molecule has 0 bridgehead atoms. The zero-order chi connectivity index (χ0) is 21.3. The van der Waals surface area contributed by atoms with Crippen molar-refractivity contribution in [3.63, 3.8) is 0 Å². The zero-order valence-electron chi connectivity index (χ0n) is 15.8. The molecule has 30 heavy (non-hydrogen) atoms. The van der Waals surface area contributed by atoms with Gasteiger partial charge in [0.2, 0.25) is 11.1 Å². The van der Waals surface area contributed by atoms with E-state index in [4.69, 9.17) is 0 Å². The Morgan fingerprint density at radius 3 is 2.63 bits per heavy atom. The van der Waals surface area contributed by atoms with E-state index in [0.717, 1.165) is 23.5 Å². The Morgan fingerprint density at radius 1 is 1.17 bits per heavy atom. The van der Waals surface area contributed by atoms with E-state index in [1.165, 1.54) is 23.9 Å². The van der Waals surface area contributed by atoms with Crippen LogP contribution in [0.1, 0.15) is 29.9 Å². The summed E-state index contributed by atoms with van der Waals surface area (Å²) in [6.07, 6.45) is -3.83. The van der Waals surface area contributed by atoms with Crippen LogP contribution in [0.15, 0.2) is 59.8 Å². The summed E-state index contributed by atoms with van der Waals surface area (Å²) in [7, 11) is 0. The molecule has 6 nitrogen and oxygen atoms in total. The molecular formula is C20H18F3N5OS. The fraction of sp³-hybridized carbons (Fsp3) is 0.250. The molecule has 0 fully saturated rings. The largest absolute Gasteiger partial charge is 0.416 e. The van der Waals surface area contributed by atoms with Crippen molar-refractivity contribution in [3.05, 3.63) is 71.5 Å². The van der Waals surface area contributed by atoms with E-state index in [-0.39, 0.29) is 5.69 Å². The maximum Gasteiger partial charge on any atom is 0.416 e. The van der Waals surface area contributed by atoms with E-state index in [1.807, 2.05) is 37.3 Å². The van der Waals surface area contributed by atoms with Crippen molar-refractivity contribution in [1.29, 1.82) is 0 Å². The van der Waals surface area contributed by atoms with Gasteiger partial charge in [-0.05, 0) is 23.8 Å². The first-order valence-electron chi connectivity index (χ1n) is 9.27. The summed E-state index contributed by atoms with van der Waals surface area (Å²) in [6.45, 7) is 1.95. The highest BCUT2D eigenvalue weighted by molar-refractivity contribution is 8.00. The lowest BCUT2D eigenvalue weighted by Gasteiger charge is -2.33. The smallest absolute Gasteiger partial charge is 0.325 e. The number of nitrogens with one attached hydrogen (secondary N) is 2. The molecule has 0 saturated carbocycles. The highest BCUT2D eigenvalue weighted by Gasteiger charge is 2.38. The lowest BCUT2D eigenvalue weighted by molar-refractivity contribution is -0.137. The summed E-state index contributed by atoms with van der Waals surface area (Å²) >= 11 is 1.23. The molecule has 0 saturated heterocycles. The van der Waals surface area contributed by atoms with Gasteiger partial charge in [0.15, 0.2) is 5.82 Å². The summed E-state index contributed by atoms with van der Waals surface area (Å²) in [4.78, 5) is 13.1. The van der Waals surface area contributed by atoms with E-state index < -0.39 is 28.9 Å². The van der Waals surface area contributed by atoms with Crippen molar-refractivity contribution < 1.29 is 18.0 Å². The van der Waals surface area contributed by atoms with Crippen molar-refractivity contribution in [2.24, 2.45) is 0 Å². The zero-order valence-corrected chi connectivity index (χ0v) is 16.7. The number of hydrogen-bond donors (Lipinski definition) is 2. The van der Waals surface area contributed by atoms with Crippen LogP contribution in [-0.2, 0) is 17.4 Å². The molecule has 3 aromatic rings. The van der Waals surface area contributed by atoms with Gasteiger partial charge in [-0.15, -0.1) is 10.2 Å². The van der Waals surface area contributed by atoms with Crippen molar-refractivity contribution in [2.75, 3.05) is 10.7 Å². The number of carbonyl (C=O) groups is 1. The molecule has 0 spiro atoms. The summed E-state index contributed by atoms with van der Waals surface area (Å²) in [6, 6.07) is 13.6. The molecule has 1 aliphatic heterocycles. The second-order valence-corrected chi connectivity index (χ2v) is 7.82. The molecule has 2 N–H and O–H groups in total. The molecule has 4 rings (SSSR count). The fourth-order valence-corrected chi connectivity index (χ4v) is 4.32. The number of halogens is 3. The minimum absolute atomic E-state index is 0.0866. The Balaban J connectivity index is 1.64. The number of hydrogen-bond acceptors (Lipinski definition) is 5. The summed E-state index contributed by atoms with van der Waals surface area (Å²) in [5, 5.41) is 10.7. The number of alkyl halides is 3. The van der Waals surface area contributed by atoms with Crippen LogP contribution in [-0.4, -0.2) is 26.0 Å². The van der Waals surface area contributed by atoms with Crippen LogP contribution in [0.2, 0.25) is 0 Å². The first-order chi connectivity index (χ1) is 14.4. The molecular weight excluding hydrogens is 415 g/mol. The van der Waals surface area contributed by atoms with Crippen LogP contribution >= 0.6 is 11.8 Å². The number of thioether (sulfide) groups is 1. The van der Waals surface area contributed by atoms with E-state index in [1.54, 1.807) is 4.68 Å². The Morgan fingerprint density at radius 2 is 1.93 bits per heavy atom. The van der Waals surface area contributed by atoms with Gasteiger partial charge in [-0.3, -0.25) is 4.79 Å². The fourth-order valence-electron chi connectivity index (χ4n) is 3.22. The van der Waals surface area contributed by atoms with Gasteiger partial charge in [0.25, 0.3) is 0 Å². The van der Waals surface area contributed by atoms with Crippen LogP contribution in [0.3, 0.4) is 0 Å². The Kier molecular flexibility index (Phi) is 5.42. The van der Waals surface area contributed by atoms with Gasteiger partial charge in [-0.25, -0.2) is 4.68 Å². The van der Waals surface area contributed by atoms with Crippen LogP contribution in [0, 0.1) is 0 Å². The Hall–Kier alpha value is -3.01. The third-order valence-electron chi connectivity index (χ3n) is 4.69. The number of aromatic nitrogens is 3. The lowest BCUT2D eigenvalue weighted by atomic mass is 10.0. The average Bonchev–Trinajstić information content (AvgIpc) is 3.15. The average molecular weight is 433 g/mol. The van der Waals surface area contributed by atoms with Crippen molar-refractivity contribution in [2.45, 2.75) is 36.0 Å². The van der Waals surface area contributed by atoms with Crippen molar-refractivity contribution in [1.82, 2.24) is 14.9 Å². The molecule has 2 atom stereocenters. The number of amides is 1. The molecule has 1 amide bonds. The number of rotatable bonds is 4. The molecule has 0 radical (unpaired) electrons. The van der Waals surface area contributed by atoms with Crippen LogP contribution in [0.25, 0.3) is 0 Å². The Labute approximate surface area is 174 Å². The molecule has 1 aromatic heterocycles. The number of nitrogens with zero attached hydrogens (tertiary/aromatic N) is 3. The Bertz CT molecular complexity index is 1050. The molecule has 156 valence electrons. The quantitative estimate of drug-likeness (QED) is 0.644. The van der Waals surface area contributed by atoms with Gasteiger partial charge in [0.1, 0.15) is 5.25 Å². The predicted molar refractivity (Wildman–Crippen MR) is 108 cm³/mol. The molecule has 2 aromatic carbocycles. The van der Waals surface area contributed by atoms with E-state index in [0.29, 0.717) is 11.6 Å². The first kappa shape index (κ1) is 20.3. The lowest BCUT2D eigenvalue weighted by Crippen LogP contribution is -2.41. The monoisotopic (exact) mass is 433 g/mol. The molecule has 0 aliphatic carbocycles. The standard InChI is InChI=1S/C20H18F3N5OS/c1-2-15-25-26-19-28(15)27-16(12-7-4-3-5-8-12)17(30-19)18(29)24-14-10-6-9-13(11-14)20(21,22)23/h3-11,16-17,27H,2H2,1H3,(H,24,29)/t16-,17+/m1/s1. The predicted octanol–water partition coefficient (Wildman–Crippen LogP) is 4.26. The molecule has 10 heteroatoms. The summed E-state index contributed by atoms with van der Waals surface area (Å²) in [5.74, 6) is 0.308. The number of aryl methyl sites for hydroxylation is 1. The second kappa shape index (κ2) is 8.02. The van der Waals surface area contributed by atoms with Crippen LogP contribution in [0.4, 0.5) is 18.9 Å². The number of fused-ring (bicyclic) bond motifs is 1. The third-order valence-corrected chi connectivity index (χ3v) is 5.91. The topological polar surface area (TPSA) is 71.8 Å². The van der Waals surface area contributed by atoms with E-state index in [9.17, 15) is 18.0 Å². The second-order valence-electron chi connectivity index (χ2n) is 6.71. The van der Waals surface area contributed by atoms with Gasteiger partial charge < -0.3 is 10.7 Å². The van der Waals surface area contributed by atoms with Gasteiger partial charge in [-0.2, -0.15) is 13.2 Å². The molecule has 2 heterocycles. The first-order valence-corrected chi connectivity index (χ1v) is 10.2. The summed E-state index contributed by atoms with van der Waals surface area (Å²) in [5.41, 5.74) is 3.43. The van der Waals surface area contributed by atoms with Crippen LogP contribution < -0.4 is 10.7 Å². The van der Waals surface area contributed by atoms with E-state index in [2.05, 4.69) is 20.9 Å². The number of anilines is 1. The number of carbonyl (C=O) groups excluding carboxylic acids is 1. The maximum atomic E-state index is 13.1.